The summed E-state index contributed by atoms with van der Waals surface area (Å²) in [5, 5.41) is 3.38. The first kappa shape index (κ1) is 8.45. The molecule has 2 nitrogen and oxygen atoms in total. The highest BCUT2D eigenvalue weighted by Gasteiger charge is 2.15. The van der Waals surface area contributed by atoms with Crippen LogP contribution in [0.2, 0.25) is 0 Å². The Morgan fingerprint density at radius 3 is 2.79 bits per heavy atom. The van der Waals surface area contributed by atoms with E-state index in [1.54, 1.807) is 0 Å². The number of hydrogen-bond acceptors (Lipinski definition) is 2. The molecule has 2 heterocycles. The number of rotatable bonds is 2. The van der Waals surface area contributed by atoms with E-state index >= 15 is 0 Å². The largest absolute Gasteiger partial charge is 0.309 e. The zero-order chi connectivity index (χ0) is 9.38. The molecule has 0 unspecified atom stereocenters. The average Bonchev–Trinajstić information content (AvgIpc) is 2.58. The van der Waals surface area contributed by atoms with E-state index in [1.165, 1.54) is 36.2 Å². The molecule has 1 N–H and O–H groups in total. The molecule has 1 fully saturated rings. The van der Waals surface area contributed by atoms with E-state index in [4.69, 9.17) is 0 Å². The summed E-state index contributed by atoms with van der Waals surface area (Å²) in [6, 6.07) is 6.93. The number of nitrogens with one attached hydrogen (secondary N) is 1. The highest BCUT2D eigenvalue weighted by Crippen LogP contribution is 2.19. The third kappa shape index (κ3) is 1.45. The SMILES string of the molecule is c1cc2c(cc1CN1CCC1)CNC2. The molecule has 0 saturated carbocycles. The topological polar surface area (TPSA) is 15.3 Å². The Labute approximate surface area is 84.9 Å². The summed E-state index contributed by atoms with van der Waals surface area (Å²) in [5.74, 6) is 0. The maximum atomic E-state index is 3.38. The quantitative estimate of drug-likeness (QED) is 0.756. The van der Waals surface area contributed by atoms with Crippen LogP contribution in [0.15, 0.2) is 18.2 Å². The zero-order valence-electron chi connectivity index (χ0n) is 8.42. The van der Waals surface area contributed by atoms with Gasteiger partial charge in [-0.2, -0.15) is 0 Å². The van der Waals surface area contributed by atoms with Gasteiger partial charge in [-0.3, -0.25) is 4.90 Å². The lowest BCUT2D eigenvalue weighted by Crippen LogP contribution is -2.36. The van der Waals surface area contributed by atoms with Gasteiger partial charge in [0, 0.05) is 19.6 Å². The predicted molar refractivity (Wildman–Crippen MR) is 56.9 cm³/mol. The first-order valence-electron chi connectivity index (χ1n) is 5.45. The van der Waals surface area contributed by atoms with Crippen LogP contribution in [-0.4, -0.2) is 18.0 Å². The molecule has 74 valence electrons. The van der Waals surface area contributed by atoms with Gasteiger partial charge in [-0.1, -0.05) is 18.2 Å². The van der Waals surface area contributed by atoms with Gasteiger partial charge in [0.15, 0.2) is 0 Å². The van der Waals surface area contributed by atoms with Crippen molar-refractivity contribution in [3.63, 3.8) is 0 Å². The lowest BCUT2D eigenvalue weighted by Gasteiger charge is -2.30. The maximum absolute atomic E-state index is 3.38. The maximum Gasteiger partial charge on any atom is 0.0233 e. The smallest absolute Gasteiger partial charge is 0.0233 e. The summed E-state index contributed by atoms with van der Waals surface area (Å²) in [5.41, 5.74) is 4.47. The van der Waals surface area contributed by atoms with Crippen molar-refractivity contribution >= 4 is 0 Å². The van der Waals surface area contributed by atoms with E-state index in [9.17, 15) is 0 Å². The molecule has 1 aromatic rings. The fourth-order valence-corrected chi connectivity index (χ4v) is 2.24. The highest BCUT2D eigenvalue weighted by atomic mass is 15.2. The van der Waals surface area contributed by atoms with Crippen LogP contribution in [0.5, 0.6) is 0 Å². The van der Waals surface area contributed by atoms with Gasteiger partial charge < -0.3 is 5.32 Å². The lowest BCUT2D eigenvalue weighted by atomic mass is 10.1. The van der Waals surface area contributed by atoms with Crippen molar-refractivity contribution in [3.8, 4) is 0 Å². The number of benzene rings is 1. The van der Waals surface area contributed by atoms with Gasteiger partial charge in [-0.25, -0.2) is 0 Å². The molecular formula is C12H16N2. The van der Waals surface area contributed by atoms with Gasteiger partial charge in [0.25, 0.3) is 0 Å². The number of fused-ring (bicyclic) bond motifs is 1. The molecule has 0 amide bonds. The van der Waals surface area contributed by atoms with Crippen molar-refractivity contribution in [2.24, 2.45) is 0 Å². The van der Waals surface area contributed by atoms with Crippen LogP contribution in [-0.2, 0) is 19.6 Å². The molecule has 0 atom stereocenters. The molecule has 2 aliphatic rings. The Bertz CT molecular complexity index is 342. The molecule has 0 radical (unpaired) electrons. The van der Waals surface area contributed by atoms with Gasteiger partial charge >= 0.3 is 0 Å². The molecule has 0 aromatic heterocycles. The third-order valence-corrected chi connectivity index (χ3v) is 3.26. The second kappa shape index (κ2) is 3.37. The Kier molecular flexibility index (Phi) is 2.03. The molecule has 1 aromatic carbocycles. The van der Waals surface area contributed by atoms with Gasteiger partial charge in [-0.05, 0) is 36.2 Å². The molecule has 2 heteroatoms. The van der Waals surface area contributed by atoms with Gasteiger partial charge in [0.1, 0.15) is 0 Å². The minimum atomic E-state index is 1.05. The van der Waals surface area contributed by atoms with Crippen molar-refractivity contribution in [3.05, 3.63) is 34.9 Å². The first-order chi connectivity index (χ1) is 6.92. The molecule has 14 heavy (non-hydrogen) atoms. The van der Waals surface area contributed by atoms with Crippen molar-refractivity contribution in [1.82, 2.24) is 10.2 Å². The monoisotopic (exact) mass is 188 g/mol. The molecule has 0 spiro atoms. The second-order valence-electron chi connectivity index (χ2n) is 4.34. The standard InChI is InChI=1S/C12H16N2/c1-4-14(5-1)9-10-2-3-11-7-13-8-12(11)6-10/h2-3,6,13H,1,4-5,7-9H2. The van der Waals surface area contributed by atoms with Crippen LogP contribution in [0, 0.1) is 0 Å². The highest BCUT2D eigenvalue weighted by molar-refractivity contribution is 5.34. The van der Waals surface area contributed by atoms with E-state index in [0.717, 1.165) is 19.6 Å². The minimum absolute atomic E-state index is 1.05. The Hall–Kier alpha value is -0.860. The van der Waals surface area contributed by atoms with Gasteiger partial charge in [-0.15, -0.1) is 0 Å². The van der Waals surface area contributed by atoms with Crippen LogP contribution >= 0.6 is 0 Å². The minimum Gasteiger partial charge on any atom is -0.309 e. The van der Waals surface area contributed by atoms with Gasteiger partial charge in [0.2, 0.25) is 0 Å². The second-order valence-corrected chi connectivity index (χ2v) is 4.34. The Morgan fingerprint density at radius 1 is 1.14 bits per heavy atom. The molecule has 0 bridgehead atoms. The van der Waals surface area contributed by atoms with Crippen LogP contribution in [0.4, 0.5) is 0 Å². The van der Waals surface area contributed by atoms with Crippen LogP contribution in [0.25, 0.3) is 0 Å². The fraction of sp³-hybridized carbons (Fsp3) is 0.500. The molecule has 0 aliphatic carbocycles. The normalized spacial score (nSPS) is 20.6. The van der Waals surface area contributed by atoms with E-state index in [1.807, 2.05) is 0 Å². The lowest BCUT2D eigenvalue weighted by molar-refractivity contribution is 0.172. The van der Waals surface area contributed by atoms with Crippen molar-refractivity contribution < 1.29 is 0 Å². The zero-order valence-corrected chi connectivity index (χ0v) is 8.42. The summed E-state index contributed by atoms with van der Waals surface area (Å²) >= 11 is 0. The van der Waals surface area contributed by atoms with E-state index in [2.05, 4.69) is 28.4 Å². The molecular weight excluding hydrogens is 172 g/mol. The summed E-state index contributed by atoms with van der Waals surface area (Å²) in [6.07, 6.45) is 1.38. The molecule has 3 rings (SSSR count). The number of hydrogen-bond donors (Lipinski definition) is 1. The number of likely N-dealkylation sites (tertiary alicyclic amines) is 1. The van der Waals surface area contributed by atoms with E-state index < -0.39 is 0 Å². The summed E-state index contributed by atoms with van der Waals surface area (Å²) in [7, 11) is 0. The summed E-state index contributed by atoms with van der Waals surface area (Å²) in [6.45, 7) is 5.83. The first-order valence-corrected chi connectivity index (χ1v) is 5.45. The van der Waals surface area contributed by atoms with Crippen LogP contribution in [0.3, 0.4) is 0 Å². The van der Waals surface area contributed by atoms with E-state index in [-0.39, 0.29) is 0 Å². The van der Waals surface area contributed by atoms with Crippen LogP contribution in [0.1, 0.15) is 23.1 Å². The van der Waals surface area contributed by atoms with Crippen LogP contribution < -0.4 is 5.32 Å². The van der Waals surface area contributed by atoms with E-state index in [0.29, 0.717) is 0 Å². The van der Waals surface area contributed by atoms with Crippen molar-refractivity contribution in [2.45, 2.75) is 26.1 Å². The average molecular weight is 188 g/mol. The molecule has 1 saturated heterocycles. The van der Waals surface area contributed by atoms with Crippen molar-refractivity contribution in [2.75, 3.05) is 13.1 Å². The number of nitrogens with zero attached hydrogens (tertiary/aromatic N) is 1. The van der Waals surface area contributed by atoms with Crippen molar-refractivity contribution in [1.29, 1.82) is 0 Å². The summed E-state index contributed by atoms with van der Waals surface area (Å²) in [4.78, 5) is 2.50. The Morgan fingerprint density at radius 2 is 2.00 bits per heavy atom. The fourth-order valence-electron chi connectivity index (χ4n) is 2.24. The molecule has 2 aliphatic heterocycles. The predicted octanol–water partition coefficient (Wildman–Crippen LogP) is 1.50. The summed E-state index contributed by atoms with van der Waals surface area (Å²) < 4.78 is 0. The Balaban J connectivity index is 1.78. The van der Waals surface area contributed by atoms with Gasteiger partial charge in [0.05, 0.1) is 0 Å². The third-order valence-electron chi connectivity index (χ3n) is 3.26.